The quantitative estimate of drug-likeness (QED) is 0.169. The van der Waals surface area contributed by atoms with Gasteiger partial charge in [-0.25, -0.2) is 4.98 Å². The van der Waals surface area contributed by atoms with E-state index in [1.807, 2.05) is 18.3 Å². The van der Waals surface area contributed by atoms with Gasteiger partial charge in [-0.1, -0.05) is 164 Å². The van der Waals surface area contributed by atoms with Crippen molar-refractivity contribution in [3.05, 3.63) is 168 Å². The number of aryl methyl sites for hydroxylation is 1. The molecule has 0 saturated carbocycles. The number of pyridine rings is 1. The maximum Gasteiger partial charge on any atom is 0.148 e. The number of phenolic OH excluding ortho intramolecular Hbond substituents is 1. The Bertz CT molecular complexity index is 2830. The van der Waals surface area contributed by atoms with Crippen molar-refractivity contribution in [3.8, 4) is 67.5 Å². The predicted molar refractivity (Wildman–Crippen MR) is 247 cm³/mol. The van der Waals surface area contributed by atoms with Crippen LogP contribution in [0.25, 0.3) is 72.7 Å². The van der Waals surface area contributed by atoms with E-state index in [-0.39, 0.29) is 43.1 Å². The van der Waals surface area contributed by atoms with Crippen LogP contribution in [0.5, 0.6) is 5.75 Å². The zero-order chi connectivity index (χ0) is 41.9. The van der Waals surface area contributed by atoms with E-state index in [1.54, 1.807) is 0 Å². The smallest absolute Gasteiger partial charge is 0.148 e. The second-order valence-corrected chi connectivity index (χ2v) is 19.0. The summed E-state index contributed by atoms with van der Waals surface area (Å²) in [5.41, 5.74) is 15.4. The molecule has 5 heteroatoms. The number of hydrogen-bond donors (Lipinski definition) is 1. The molecule has 0 bridgehead atoms. The van der Waals surface area contributed by atoms with Crippen molar-refractivity contribution in [1.82, 2.24) is 14.5 Å². The van der Waals surface area contributed by atoms with Crippen LogP contribution in [-0.2, 0) is 37.3 Å². The van der Waals surface area contributed by atoms with E-state index in [2.05, 4.69) is 201 Å². The number of para-hydroxylation sites is 1. The third-order valence-electron chi connectivity index (χ3n) is 11.3. The Balaban J connectivity index is 0.00000544. The maximum absolute atomic E-state index is 12.4. The van der Waals surface area contributed by atoms with Crippen LogP contribution < -0.4 is 0 Å². The zero-order valence-electron chi connectivity index (χ0n) is 36.4. The van der Waals surface area contributed by atoms with Gasteiger partial charge in [-0.15, -0.1) is 29.3 Å². The van der Waals surface area contributed by atoms with Gasteiger partial charge in [-0.2, -0.15) is 0 Å². The number of imidazole rings is 1. The van der Waals surface area contributed by atoms with Crippen molar-refractivity contribution in [3.63, 3.8) is 0 Å². The van der Waals surface area contributed by atoms with Gasteiger partial charge in [-0.05, 0) is 86.9 Å². The van der Waals surface area contributed by atoms with Crippen molar-refractivity contribution in [2.45, 2.75) is 85.5 Å². The minimum absolute atomic E-state index is 0. The monoisotopic (exact) mass is 967 g/mol. The molecule has 0 spiro atoms. The van der Waals surface area contributed by atoms with Crippen molar-refractivity contribution in [2.75, 3.05) is 0 Å². The van der Waals surface area contributed by atoms with E-state index in [0.29, 0.717) is 11.4 Å². The zero-order valence-corrected chi connectivity index (χ0v) is 38.7. The molecule has 0 aliphatic heterocycles. The number of rotatable bonds is 6. The Morgan fingerprint density at radius 3 is 1.80 bits per heavy atom. The fourth-order valence-corrected chi connectivity index (χ4v) is 7.93. The van der Waals surface area contributed by atoms with Crippen LogP contribution in [0, 0.1) is 13.0 Å². The Morgan fingerprint density at radius 2 is 1.17 bits per heavy atom. The van der Waals surface area contributed by atoms with Crippen LogP contribution >= 0.6 is 0 Å². The fourth-order valence-electron chi connectivity index (χ4n) is 7.93. The Hall–Kier alpha value is -5.57. The SMILES string of the molecule is Cc1cc(-c2ccccc2)cc(-n2c(-c3cc(C(C)(C)C)cc(C(C)(C)C)c3O)nc3c(-c4[c-]c(-c5cc(-c6ccccc6)ccn5)cc(C(C)(C)C)c4)cccc32)c1.[Pt]. The van der Waals surface area contributed by atoms with Gasteiger partial charge in [0, 0.05) is 44.2 Å². The fraction of sp³-hybridized carbons (Fsp3) is 0.236. The molecule has 0 amide bonds. The molecule has 2 aromatic heterocycles. The van der Waals surface area contributed by atoms with Crippen LogP contribution in [0.1, 0.15) is 84.6 Å². The summed E-state index contributed by atoms with van der Waals surface area (Å²) in [4.78, 5) is 10.5. The van der Waals surface area contributed by atoms with E-state index in [0.717, 1.165) is 78.0 Å². The topological polar surface area (TPSA) is 50.9 Å². The van der Waals surface area contributed by atoms with E-state index >= 15 is 0 Å². The molecule has 0 atom stereocenters. The summed E-state index contributed by atoms with van der Waals surface area (Å²) in [6.07, 6.45) is 1.89. The number of aromatic hydroxyl groups is 1. The third-order valence-corrected chi connectivity index (χ3v) is 11.3. The van der Waals surface area contributed by atoms with E-state index < -0.39 is 0 Å². The van der Waals surface area contributed by atoms with E-state index in [1.165, 1.54) is 5.56 Å². The number of hydrogen-bond acceptors (Lipinski definition) is 3. The molecule has 0 saturated heterocycles. The van der Waals surface area contributed by atoms with Crippen molar-refractivity contribution in [2.24, 2.45) is 0 Å². The van der Waals surface area contributed by atoms with Crippen LogP contribution in [0.15, 0.2) is 140 Å². The van der Waals surface area contributed by atoms with E-state index in [4.69, 9.17) is 9.97 Å². The average Bonchev–Trinajstić information content (AvgIpc) is 3.60. The normalized spacial score (nSPS) is 12.1. The summed E-state index contributed by atoms with van der Waals surface area (Å²) >= 11 is 0. The predicted octanol–water partition coefficient (Wildman–Crippen LogP) is 14.5. The molecule has 0 aliphatic rings. The van der Waals surface area contributed by atoms with Crippen LogP contribution in [-0.4, -0.2) is 19.6 Å². The molecule has 0 aliphatic carbocycles. The number of benzene rings is 6. The van der Waals surface area contributed by atoms with Crippen molar-refractivity contribution < 1.29 is 26.2 Å². The van der Waals surface area contributed by atoms with Gasteiger partial charge in [0.05, 0.1) is 16.6 Å². The molecule has 0 unspecified atom stereocenters. The van der Waals surface area contributed by atoms with Gasteiger partial charge in [-0.3, -0.25) is 9.55 Å². The van der Waals surface area contributed by atoms with Crippen LogP contribution in [0.3, 0.4) is 0 Å². The molecule has 0 radical (unpaired) electrons. The van der Waals surface area contributed by atoms with Gasteiger partial charge < -0.3 is 5.11 Å². The molecule has 6 aromatic carbocycles. The van der Waals surface area contributed by atoms with Gasteiger partial charge in [0.25, 0.3) is 0 Å². The summed E-state index contributed by atoms with van der Waals surface area (Å²) in [5.74, 6) is 0.947. The molecular weight excluding hydrogens is 914 g/mol. The van der Waals surface area contributed by atoms with Gasteiger partial charge >= 0.3 is 0 Å². The Labute approximate surface area is 370 Å². The molecule has 2 heterocycles. The number of phenols is 1. The van der Waals surface area contributed by atoms with Crippen molar-refractivity contribution >= 4 is 11.0 Å². The number of aromatic nitrogens is 3. The second-order valence-electron chi connectivity index (χ2n) is 19.0. The standard InChI is InChI=1S/C55H54N3O.Pt/c1-35-26-39(37-20-15-12-16-21-37)31-44(27-35)58-49-23-17-22-45(50(49)57-52(58)46-33-43(54(5,6)7)34-47(51(46)59)55(8,9)10)40-28-41(30-42(29-40)53(2,3)4)48-32-38(24-25-56-48)36-18-13-11-14-19-36;/h11-27,29-34,59H,1-10H3;/q-1;. The number of fused-ring (bicyclic) bond motifs is 1. The van der Waals surface area contributed by atoms with Gasteiger partial charge in [0.1, 0.15) is 11.6 Å². The molecule has 60 heavy (non-hydrogen) atoms. The first-order valence-electron chi connectivity index (χ1n) is 20.6. The summed E-state index contributed by atoms with van der Waals surface area (Å²) in [7, 11) is 0. The minimum Gasteiger partial charge on any atom is -0.507 e. The van der Waals surface area contributed by atoms with Crippen LogP contribution in [0.4, 0.5) is 0 Å². The summed E-state index contributed by atoms with van der Waals surface area (Å²) in [6, 6.07) is 50.9. The summed E-state index contributed by atoms with van der Waals surface area (Å²) in [6.45, 7) is 22.0. The first-order valence-corrected chi connectivity index (χ1v) is 20.6. The molecule has 8 rings (SSSR count). The van der Waals surface area contributed by atoms with E-state index in [9.17, 15) is 5.11 Å². The first-order chi connectivity index (χ1) is 28.0. The molecular formula is C55H54N3OPt-. The summed E-state index contributed by atoms with van der Waals surface area (Å²) < 4.78 is 2.24. The maximum atomic E-state index is 12.4. The van der Waals surface area contributed by atoms with Gasteiger partial charge in [0.2, 0.25) is 0 Å². The molecule has 4 nitrogen and oxygen atoms in total. The Morgan fingerprint density at radius 1 is 0.550 bits per heavy atom. The molecule has 1 N–H and O–H groups in total. The number of nitrogens with zero attached hydrogens (tertiary/aromatic N) is 3. The first kappa shape index (κ1) is 42.5. The molecule has 8 aromatic rings. The molecule has 0 fully saturated rings. The summed E-state index contributed by atoms with van der Waals surface area (Å²) in [5, 5.41) is 12.4. The average molecular weight is 968 g/mol. The minimum atomic E-state index is -0.309. The van der Waals surface area contributed by atoms with Crippen molar-refractivity contribution in [1.29, 1.82) is 0 Å². The second kappa shape index (κ2) is 16.1. The van der Waals surface area contributed by atoms with Gasteiger partial charge in [0.15, 0.2) is 0 Å². The molecule has 306 valence electrons. The largest absolute Gasteiger partial charge is 0.507 e. The Kier molecular flexibility index (Phi) is 11.4. The van der Waals surface area contributed by atoms with Crippen LogP contribution in [0.2, 0.25) is 0 Å². The third kappa shape index (κ3) is 8.41.